The van der Waals surface area contributed by atoms with Gasteiger partial charge in [-0.15, -0.1) is 0 Å². The summed E-state index contributed by atoms with van der Waals surface area (Å²) in [6.45, 7) is 1.07. The first-order valence-corrected chi connectivity index (χ1v) is 7.10. The molecular formula is C16H19N3O3. The van der Waals surface area contributed by atoms with Crippen molar-refractivity contribution < 1.29 is 14.3 Å². The fourth-order valence-corrected chi connectivity index (χ4v) is 2.05. The number of nitrogens with zero attached hydrogens (tertiary/aromatic N) is 1. The van der Waals surface area contributed by atoms with Crippen LogP contribution in [0.1, 0.15) is 12.8 Å². The Hall–Kier alpha value is -2.47. The van der Waals surface area contributed by atoms with Crippen LogP contribution in [-0.2, 0) is 14.3 Å². The number of carbonyl (C=O) groups is 2. The molecule has 22 heavy (non-hydrogen) atoms. The molecule has 2 amide bonds. The maximum absolute atomic E-state index is 11.9. The van der Waals surface area contributed by atoms with Gasteiger partial charge in [-0.2, -0.15) is 0 Å². The molecule has 0 bridgehead atoms. The Bertz CT molecular complexity index is 653. The van der Waals surface area contributed by atoms with Crippen LogP contribution in [0.2, 0.25) is 0 Å². The van der Waals surface area contributed by atoms with E-state index in [1.54, 1.807) is 19.4 Å². The number of hydrogen-bond acceptors (Lipinski definition) is 4. The highest BCUT2D eigenvalue weighted by Gasteiger charge is 2.11. The molecule has 1 aromatic carbocycles. The van der Waals surface area contributed by atoms with E-state index in [0.717, 1.165) is 11.8 Å². The monoisotopic (exact) mass is 301 g/mol. The van der Waals surface area contributed by atoms with Gasteiger partial charge >= 0.3 is 0 Å². The number of anilines is 1. The molecule has 6 heteroatoms. The summed E-state index contributed by atoms with van der Waals surface area (Å²) < 4.78 is 4.89. The highest BCUT2D eigenvalue weighted by atomic mass is 16.5. The van der Waals surface area contributed by atoms with Crippen LogP contribution in [0.25, 0.3) is 10.9 Å². The second kappa shape index (κ2) is 8.09. The SMILES string of the molecule is COCCCNC(=O)CC(=O)Nc1cccc2cccnc12. The summed E-state index contributed by atoms with van der Waals surface area (Å²) >= 11 is 0. The lowest BCUT2D eigenvalue weighted by Gasteiger charge is -2.08. The number of aromatic nitrogens is 1. The second-order valence-electron chi connectivity index (χ2n) is 4.80. The van der Waals surface area contributed by atoms with E-state index in [4.69, 9.17) is 4.74 Å². The largest absolute Gasteiger partial charge is 0.385 e. The molecule has 0 saturated carbocycles. The number of nitrogens with one attached hydrogen (secondary N) is 2. The highest BCUT2D eigenvalue weighted by molar-refractivity contribution is 6.06. The van der Waals surface area contributed by atoms with E-state index < -0.39 is 0 Å². The van der Waals surface area contributed by atoms with Crippen LogP contribution in [0.15, 0.2) is 36.5 Å². The Morgan fingerprint density at radius 1 is 1.18 bits per heavy atom. The van der Waals surface area contributed by atoms with Crippen LogP contribution >= 0.6 is 0 Å². The molecule has 6 nitrogen and oxygen atoms in total. The van der Waals surface area contributed by atoms with Crippen LogP contribution in [-0.4, -0.2) is 37.1 Å². The maximum atomic E-state index is 11.9. The average Bonchev–Trinajstić information content (AvgIpc) is 2.52. The Balaban J connectivity index is 1.90. The Labute approximate surface area is 128 Å². The molecule has 0 aliphatic rings. The Morgan fingerprint density at radius 3 is 2.82 bits per heavy atom. The van der Waals surface area contributed by atoms with Crippen molar-refractivity contribution in [1.82, 2.24) is 10.3 Å². The van der Waals surface area contributed by atoms with Gasteiger partial charge in [0.2, 0.25) is 11.8 Å². The van der Waals surface area contributed by atoms with Crippen molar-refractivity contribution >= 4 is 28.4 Å². The lowest BCUT2D eigenvalue weighted by molar-refractivity contribution is -0.126. The van der Waals surface area contributed by atoms with E-state index in [2.05, 4.69) is 15.6 Å². The zero-order valence-electron chi connectivity index (χ0n) is 12.5. The number of amides is 2. The van der Waals surface area contributed by atoms with Gasteiger partial charge < -0.3 is 15.4 Å². The van der Waals surface area contributed by atoms with Gasteiger partial charge in [0.05, 0.1) is 11.2 Å². The molecule has 0 spiro atoms. The molecule has 0 aliphatic carbocycles. The highest BCUT2D eigenvalue weighted by Crippen LogP contribution is 2.20. The number of hydrogen-bond donors (Lipinski definition) is 2. The lowest BCUT2D eigenvalue weighted by Crippen LogP contribution is -2.29. The Morgan fingerprint density at radius 2 is 2.00 bits per heavy atom. The predicted molar refractivity (Wildman–Crippen MR) is 84.5 cm³/mol. The number of ether oxygens (including phenoxy) is 1. The van der Waals surface area contributed by atoms with Crippen LogP contribution in [0.4, 0.5) is 5.69 Å². The molecule has 1 heterocycles. The van der Waals surface area contributed by atoms with Crippen molar-refractivity contribution in [2.24, 2.45) is 0 Å². The smallest absolute Gasteiger partial charge is 0.233 e. The van der Waals surface area contributed by atoms with E-state index in [9.17, 15) is 9.59 Å². The molecule has 2 N–H and O–H groups in total. The maximum Gasteiger partial charge on any atom is 0.233 e. The summed E-state index contributed by atoms with van der Waals surface area (Å²) in [7, 11) is 1.60. The van der Waals surface area contributed by atoms with Gasteiger partial charge in [-0.05, 0) is 18.6 Å². The standard InChI is InChI=1S/C16H19N3O3/c1-22-10-4-9-17-14(20)11-15(21)19-13-7-2-5-12-6-3-8-18-16(12)13/h2-3,5-8H,4,9-11H2,1H3,(H,17,20)(H,19,21). The molecule has 0 atom stereocenters. The fraction of sp³-hybridized carbons (Fsp3) is 0.312. The summed E-state index contributed by atoms with van der Waals surface area (Å²) in [4.78, 5) is 27.8. The molecule has 0 fully saturated rings. The van der Waals surface area contributed by atoms with Crippen LogP contribution in [0.5, 0.6) is 0 Å². The van der Waals surface area contributed by atoms with Crippen LogP contribution < -0.4 is 10.6 Å². The molecule has 0 radical (unpaired) electrons. The van der Waals surface area contributed by atoms with Crippen molar-refractivity contribution in [3.05, 3.63) is 36.5 Å². The van der Waals surface area contributed by atoms with E-state index in [1.807, 2.05) is 24.3 Å². The summed E-state index contributed by atoms with van der Waals surface area (Å²) in [6.07, 6.45) is 2.17. The van der Waals surface area contributed by atoms with E-state index in [1.165, 1.54) is 0 Å². The van der Waals surface area contributed by atoms with E-state index in [-0.39, 0.29) is 18.2 Å². The van der Waals surface area contributed by atoms with E-state index >= 15 is 0 Å². The van der Waals surface area contributed by atoms with E-state index in [0.29, 0.717) is 24.4 Å². The van der Waals surface area contributed by atoms with Crippen molar-refractivity contribution in [2.45, 2.75) is 12.8 Å². The summed E-state index contributed by atoms with van der Waals surface area (Å²) in [6, 6.07) is 9.27. The number of methoxy groups -OCH3 is 1. The van der Waals surface area contributed by atoms with Crippen molar-refractivity contribution in [3.63, 3.8) is 0 Å². The minimum absolute atomic E-state index is 0.212. The molecule has 1 aromatic heterocycles. The van der Waals surface area contributed by atoms with Crippen LogP contribution in [0, 0.1) is 0 Å². The summed E-state index contributed by atoms with van der Waals surface area (Å²) in [5.41, 5.74) is 1.31. The Kier molecular flexibility index (Phi) is 5.85. The number of pyridine rings is 1. The molecule has 2 rings (SSSR count). The quantitative estimate of drug-likeness (QED) is 0.603. The van der Waals surface area contributed by atoms with Gasteiger partial charge in [0.1, 0.15) is 6.42 Å². The number of fused-ring (bicyclic) bond motifs is 1. The molecule has 0 aliphatic heterocycles. The van der Waals surface area contributed by atoms with Gasteiger partial charge in [0, 0.05) is 31.8 Å². The third-order valence-corrected chi connectivity index (χ3v) is 3.08. The van der Waals surface area contributed by atoms with Crippen molar-refractivity contribution in [3.8, 4) is 0 Å². The first-order valence-electron chi connectivity index (χ1n) is 7.10. The molecule has 116 valence electrons. The number of rotatable bonds is 7. The minimum Gasteiger partial charge on any atom is -0.385 e. The second-order valence-corrected chi connectivity index (χ2v) is 4.80. The third kappa shape index (κ3) is 4.53. The average molecular weight is 301 g/mol. The first kappa shape index (κ1) is 15.9. The van der Waals surface area contributed by atoms with Crippen LogP contribution in [0.3, 0.4) is 0 Å². The summed E-state index contributed by atoms with van der Waals surface area (Å²) in [5.74, 6) is -0.663. The van der Waals surface area contributed by atoms with Gasteiger partial charge in [-0.3, -0.25) is 14.6 Å². The molecular weight excluding hydrogens is 282 g/mol. The van der Waals surface area contributed by atoms with Gasteiger partial charge in [0.25, 0.3) is 0 Å². The molecule has 2 aromatic rings. The van der Waals surface area contributed by atoms with Gasteiger partial charge in [-0.1, -0.05) is 18.2 Å². The van der Waals surface area contributed by atoms with Gasteiger partial charge in [-0.25, -0.2) is 0 Å². The first-order chi connectivity index (χ1) is 10.7. The number of para-hydroxylation sites is 1. The van der Waals surface area contributed by atoms with Crippen molar-refractivity contribution in [2.75, 3.05) is 25.6 Å². The minimum atomic E-state index is -0.359. The van der Waals surface area contributed by atoms with Crippen molar-refractivity contribution in [1.29, 1.82) is 0 Å². The summed E-state index contributed by atoms with van der Waals surface area (Å²) in [5, 5.41) is 6.34. The zero-order chi connectivity index (χ0) is 15.8. The zero-order valence-corrected chi connectivity index (χ0v) is 12.5. The van der Waals surface area contributed by atoms with Gasteiger partial charge in [0.15, 0.2) is 0 Å². The lowest BCUT2D eigenvalue weighted by atomic mass is 10.2. The normalized spacial score (nSPS) is 10.4. The third-order valence-electron chi connectivity index (χ3n) is 3.08. The number of benzene rings is 1. The number of carbonyl (C=O) groups excluding carboxylic acids is 2. The molecule has 0 unspecified atom stereocenters. The topological polar surface area (TPSA) is 80.3 Å². The predicted octanol–water partition coefficient (Wildman–Crippen LogP) is 1.72. The fourth-order valence-electron chi connectivity index (χ4n) is 2.05. The molecule has 0 saturated heterocycles.